The third-order valence-electron chi connectivity index (χ3n) is 3.93. The van der Waals surface area contributed by atoms with Crippen LogP contribution in [0.4, 0.5) is 0 Å². The van der Waals surface area contributed by atoms with Gasteiger partial charge in [0.05, 0.1) is 0 Å². The van der Waals surface area contributed by atoms with E-state index in [1.165, 1.54) is 22.3 Å². The maximum atomic E-state index is 8.46. The molecule has 1 aliphatic carbocycles. The molecule has 1 aromatic carbocycles. The number of rotatable bonds is 2. The molecule has 0 heterocycles. The zero-order valence-corrected chi connectivity index (χ0v) is 12.6. The summed E-state index contributed by atoms with van der Waals surface area (Å²) in [5.74, 6) is 0. The van der Waals surface area contributed by atoms with Gasteiger partial charge in [-0.3, -0.25) is 0 Å². The van der Waals surface area contributed by atoms with Crippen molar-refractivity contribution >= 4 is 11.3 Å². The van der Waals surface area contributed by atoms with Crippen molar-refractivity contribution in [3.05, 3.63) is 52.6 Å². The van der Waals surface area contributed by atoms with Crippen LogP contribution >= 0.6 is 0 Å². The summed E-state index contributed by atoms with van der Waals surface area (Å²) >= 11 is 0. The smallest absolute Gasteiger partial charge is 0.0445 e. The van der Waals surface area contributed by atoms with E-state index in [1.54, 1.807) is 0 Å². The first kappa shape index (κ1) is 13.8. The second kappa shape index (κ2) is 4.80. The van der Waals surface area contributed by atoms with Crippen molar-refractivity contribution in [1.82, 2.24) is 0 Å². The first-order valence-electron chi connectivity index (χ1n) is 6.88. The minimum absolute atomic E-state index is 0.119. The maximum absolute atomic E-state index is 8.46. The molecule has 0 unspecified atom stereocenters. The predicted octanol–water partition coefficient (Wildman–Crippen LogP) is 5.22. The van der Waals surface area contributed by atoms with E-state index in [-0.39, 0.29) is 5.41 Å². The van der Waals surface area contributed by atoms with Crippen LogP contribution in [0.1, 0.15) is 52.2 Å². The SMILES string of the molecule is CC1=CCC(c2ccccc2C(=N)C(C)(C)C)=C1C. The van der Waals surface area contributed by atoms with Crippen LogP contribution in [0.25, 0.3) is 5.57 Å². The Morgan fingerprint density at radius 1 is 1.11 bits per heavy atom. The molecular formula is C18H23N. The van der Waals surface area contributed by atoms with Gasteiger partial charge in [0.25, 0.3) is 0 Å². The van der Waals surface area contributed by atoms with Crippen LogP contribution < -0.4 is 0 Å². The van der Waals surface area contributed by atoms with Gasteiger partial charge in [0.15, 0.2) is 0 Å². The van der Waals surface area contributed by atoms with Gasteiger partial charge >= 0.3 is 0 Å². The van der Waals surface area contributed by atoms with Crippen LogP contribution in [0.5, 0.6) is 0 Å². The van der Waals surface area contributed by atoms with Gasteiger partial charge in [-0.05, 0) is 37.0 Å². The molecule has 0 fully saturated rings. The van der Waals surface area contributed by atoms with E-state index in [0.717, 1.165) is 12.0 Å². The zero-order chi connectivity index (χ0) is 14.2. The Kier molecular flexibility index (Phi) is 3.49. The van der Waals surface area contributed by atoms with Crippen molar-refractivity contribution in [3.63, 3.8) is 0 Å². The normalized spacial score (nSPS) is 15.7. The van der Waals surface area contributed by atoms with Crippen molar-refractivity contribution in [2.75, 3.05) is 0 Å². The maximum Gasteiger partial charge on any atom is 0.0445 e. The molecule has 0 radical (unpaired) electrons. The van der Waals surface area contributed by atoms with E-state index >= 15 is 0 Å². The van der Waals surface area contributed by atoms with Gasteiger partial charge in [-0.25, -0.2) is 0 Å². The summed E-state index contributed by atoms with van der Waals surface area (Å²) < 4.78 is 0. The van der Waals surface area contributed by atoms with E-state index < -0.39 is 0 Å². The molecule has 0 aliphatic heterocycles. The predicted molar refractivity (Wildman–Crippen MR) is 83.7 cm³/mol. The molecular weight excluding hydrogens is 230 g/mol. The van der Waals surface area contributed by atoms with Gasteiger partial charge in [0.2, 0.25) is 0 Å². The van der Waals surface area contributed by atoms with Gasteiger partial charge in [-0.2, -0.15) is 0 Å². The van der Waals surface area contributed by atoms with Gasteiger partial charge in [-0.1, -0.05) is 56.7 Å². The highest BCUT2D eigenvalue weighted by Crippen LogP contribution is 2.36. The summed E-state index contributed by atoms with van der Waals surface area (Å²) in [5, 5.41) is 8.46. The Labute approximate surface area is 116 Å². The monoisotopic (exact) mass is 253 g/mol. The number of nitrogens with one attached hydrogen (secondary N) is 1. The summed E-state index contributed by atoms with van der Waals surface area (Å²) in [6.07, 6.45) is 3.27. The fraction of sp³-hybridized carbons (Fsp3) is 0.389. The molecule has 100 valence electrons. The van der Waals surface area contributed by atoms with Crippen molar-refractivity contribution in [2.24, 2.45) is 5.41 Å². The van der Waals surface area contributed by atoms with Crippen LogP contribution in [-0.2, 0) is 0 Å². The molecule has 0 aromatic heterocycles. The van der Waals surface area contributed by atoms with Gasteiger partial charge in [-0.15, -0.1) is 0 Å². The summed E-state index contributed by atoms with van der Waals surface area (Å²) in [5.41, 5.74) is 7.02. The molecule has 1 aliphatic rings. The molecule has 0 spiro atoms. The summed E-state index contributed by atoms with van der Waals surface area (Å²) in [4.78, 5) is 0. The summed E-state index contributed by atoms with van der Waals surface area (Å²) in [7, 11) is 0. The van der Waals surface area contributed by atoms with Crippen molar-refractivity contribution in [1.29, 1.82) is 5.41 Å². The summed E-state index contributed by atoms with van der Waals surface area (Å²) in [6.45, 7) is 10.7. The average molecular weight is 253 g/mol. The Balaban J connectivity index is 2.53. The van der Waals surface area contributed by atoms with Gasteiger partial charge in [0.1, 0.15) is 0 Å². The van der Waals surface area contributed by atoms with E-state index in [0.29, 0.717) is 5.71 Å². The lowest BCUT2D eigenvalue weighted by Gasteiger charge is -2.23. The fourth-order valence-electron chi connectivity index (χ4n) is 2.48. The highest BCUT2D eigenvalue weighted by molar-refractivity contribution is 6.06. The number of hydrogen-bond donors (Lipinski definition) is 1. The Morgan fingerprint density at radius 3 is 2.26 bits per heavy atom. The molecule has 1 N–H and O–H groups in total. The molecule has 0 atom stereocenters. The van der Waals surface area contributed by atoms with Gasteiger partial charge < -0.3 is 5.41 Å². The lowest BCUT2D eigenvalue weighted by atomic mass is 9.82. The number of benzene rings is 1. The van der Waals surface area contributed by atoms with Crippen molar-refractivity contribution in [2.45, 2.75) is 41.0 Å². The highest BCUT2D eigenvalue weighted by atomic mass is 14.5. The molecule has 0 saturated heterocycles. The minimum Gasteiger partial charge on any atom is -0.304 e. The lowest BCUT2D eigenvalue weighted by Crippen LogP contribution is -2.21. The molecule has 1 heteroatoms. The molecule has 0 bridgehead atoms. The first-order chi connectivity index (χ1) is 8.82. The van der Waals surface area contributed by atoms with E-state index in [1.807, 2.05) is 6.07 Å². The fourth-order valence-corrected chi connectivity index (χ4v) is 2.48. The number of hydrogen-bond acceptors (Lipinski definition) is 1. The van der Waals surface area contributed by atoms with E-state index in [9.17, 15) is 0 Å². The average Bonchev–Trinajstić information content (AvgIpc) is 2.68. The zero-order valence-electron chi connectivity index (χ0n) is 12.6. The number of allylic oxidation sites excluding steroid dienone is 4. The standard InChI is InChI=1S/C18H23N/c1-12-10-11-14(13(12)2)15-8-6-7-9-16(15)17(19)18(3,4)5/h6-10,19H,11H2,1-5H3. The van der Waals surface area contributed by atoms with Crippen molar-refractivity contribution in [3.8, 4) is 0 Å². The topological polar surface area (TPSA) is 23.9 Å². The minimum atomic E-state index is -0.119. The van der Waals surface area contributed by atoms with E-state index in [4.69, 9.17) is 5.41 Å². The van der Waals surface area contributed by atoms with Gasteiger partial charge in [0, 0.05) is 16.7 Å². The Hall–Kier alpha value is -1.63. The van der Waals surface area contributed by atoms with Crippen LogP contribution in [0.3, 0.4) is 0 Å². The second-order valence-electron chi connectivity index (χ2n) is 6.37. The lowest BCUT2D eigenvalue weighted by molar-refractivity contribution is 0.588. The van der Waals surface area contributed by atoms with Crippen LogP contribution in [0.2, 0.25) is 0 Å². The summed E-state index contributed by atoms with van der Waals surface area (Å²) in [6, 6.07) is 8.34. The molecule has 1 aromatic rings. The third-order valence-corrected chi connectivity index (χ3v) is 3.93. The van der Waals surface area contributed by atoms with Crippen molar-refractivity contribution < 1.29 is 0 Å². The molecule has 0 amide bonds. The largest absolute Gasteiger partial charge is 0.304 e. The second-order valence-corrected chi connectivity index (χ2v) is 6.37. The molecule has 0 saturated carbocycles. The van der Waals surface area contributed by atoms with E-state index in [2.05, 4.69) is 58.9 Å². The molecule has 2 rings (SSSR count). The molecule has 1 nitrogen and oxygen atoms in total. The third kappa shape index (κ3) is 2.56. The first-order valence-corrected chi connectivity index (χ1v) is 6.88. The van der Waals surface area contributed by atoms with Crippen LogP contribution in [0, 0.1) is 10.8 Å². The Bertz CT molecular complexity index is 580. The van der Waals surface area contributed by atoms with Crippen LogP contribution in [-0.4, -0.2) is 5.71 Å². The van der Waals surface area contributed by atoms with Crippen LogP contribution in [0.15, 0.2) is 41.5 Å². The Morgan fingerprint density at radius 2 is 1.74 bits per heavy atom. The highest BCUT2D eigenvalue weighted by Gasteiger charge is 2.23. The quantitative estimate of drug-likeness (QED) is 0.698. The molecule has 19 heavy (non-hydrogen) atoms.